The molecule has 0 saturated heterocycles. The van der Waals surface area contributed by atoms with Crippen LogP contribution in [0.25, 0.3) is 11.3 Å². The highest BCUT2D eigenvalue weighted by atomic mass is 16.5. The van der Waals surface area contributed by atoms with Gasteiger partial charge in [-0.2, -0.15) is 5.10 Å². The summed E-state index contributed by atoms with van der Waals surface area (Å²) in [6, 6.07) is 11.5. The van der Waals surface area contributed by atoms with E-state index in [0.29, 0.717) is 5.76 Å². The molecule has 1 amide bonds. The third-order valence-electron chi connectivity index (χ3n) is 4.73. The molecule has 1 aliphatic carbocycles. The van der Waals surface area contributed by atoms with Gasteiger partial charge in [0.25, 0.3) is 5.91 Å². The van der Waals surface area contributed by atoms with E-state index in [1.807, 2.05) is 41.2 Å². The maximum atomic E-state index is 12.3. The number of carbonyl (C=O) groups is 1. The molecule has 3 aromatic rings. The average Bonchev–Trinajstić information content (AvgIpc) is 3.28. The first-order valence-corrected chi connectivity index (χ1v) is 8.65. The van der Waals surface area contributed by atoms with Crippen LogP contribution in [0.3, 0.4) is 0 Å². The summed E-state index contributed by atoms with van der Waals surface area (Å²) in [7, 11) is 0. The predicted octanol–water partition coefficient (Wildman–Crippen LogP) is 2.72. The topological polar surface area (TPSA) is 93.2 Å². The van der Waals surface area contributed by atoms with Gasteiger partial charge in [-0.1, -0.05) is 35.5 Å². The highest BCUT2D eigenvalue weighted by Gasteiger charge is 2.33. The van der Waals surface area contributed by atoms with Crippen molar-refractivity contribution in [3.05, 3.63) is 60.0 Å². The Labute approximate surface area is 150 Å². The zero-order valence-corrected chi connectivity index (χ0v) is 14.4. The van der Waals surface area contributed by atoms with Gasteiger partial charge in [-0.3, -0.25) is 9.48 Å². The number of aliphatic hydroxyl groups is 1. The second-order valence-corrected chi connectivity index (χ2v) is 6.67. The summed E-state index contributed by atoms with van der Waals surface area (Å²) in [5, 5.41) is 20.7. The zero-order valence-electron chi connectivity index (χ0n) is 14.4. The Balaban J connectivity index is 1.33. The molecule has 1 fully saturated rings. The van der Waals surface area contributed by atoms with E-state index in [0.717, 1.165) is 24.0 Å². The number of carbonyl (C=O) groups excluding carboxylic acids is 1. The van der Waals surface area contributed by atoms with Crippen LogP contribution in [-0.2, 0) is 0 Å². The van der Waals surface area contributed by atoms with Crippen LogP contribution in [0.15, 0.2) is 53.3 Å². The van der Waals surface area contributed by atoms with Crippen LogP contribution in [0.4, 0.5) is 0 Å². The van der Waals surface area contributed by atoms with Crippen molar-refractivity contribution in [1.29, 1.82) is 0 Å². The van der Waals surface area contributed by atoms with Crippen molar-refractivity contribution in [2.45, 2.75) is 38.0 Å². The summed E-state index contributed by atoms with van der Waals surface area (Å²) in [5.41, 5.74) is 1.96. The van der Waals surface area contributed by atoms with Gasteiger partial charge in [0.2, 0.25) is 0 Å². The molecule has 2 N–H and O–H groups in total. The Hall–Kier alpha value is -2.93. The van der Waals surface area contributed by atoms with Gasteiger partial charge >= 0.3 is 0 Å². The molecule has 0 bridgehead atoms. The van der Waals surface area contributed by atoms with Crippen molar-refractivity contribution in [3.63, 3.8) is 0 Å². The smallest absolute Gasteiger partial charge is 0.273 e. The standard InChI is InChI=1S/C19H20N4O3/c1-12(24)14-10-20-23(11-14)16-7-15(8-16)21-19(25)17-9-18(26-22-17)13-5-3-2-4-6-13/h2-6,9-12,15-16,24H,7-8H2,1H3,(H,21,25)/t12?,15-,16-. The van der Waals surface area contributed by atoms with Gasteiger partial charge < -0.3 is 14.9 Å². The van der Waals surface area contributed by atoms with E-state index in [2.05, 4.69) is 15.6 Å². The van der Waals surface area contributed by atoms with Gasteiger partial charge in [0.15, 0.2) is 11.5 Å². The quantitative estimate of drug-likeness (QED) is 0.736. The van der Waals surface area contributed by atoms with E-state index >= 15 is 0 Å². The Morgan fingerprint density at radius 1 is 1.35 bits per heavy atom. The lowest BCUT2D eigenvalue weighted by molar-refractivity contribution is 0.0879. The SMILES string of the molecule is CC(O)c1cnn([C@H]2C[C@H](NC(=O)c3cc(-c4ccccc4)on3)C2)c1. The minimum Gasteiger partial charge on any atom is -0.389 e. The second-order valence-electron chi connectivity index (χ2n) is 6.67. The number of hydrogen-bond donors (Lipinski definition) is 2. The van der Waals surface area contributed by atoms with Gasteiger partial charge in [0.05, 0.1) is 18.3 Å². The van der Waals surface area contributed by atoms with E-state index in [-0.39, 0.29) is 23.7 Å². The maximum absolute atomic E-state index is 12.3. The molecule has 2 heterocycles. The molecule has 7 heteroatoms. The maximum Gasteiger partial charge on any atom is 0.273 e. The minimum atomic E-state index is -0.523. The lowest BCUT2D eigenvalue weighted by atomic mass is 9.86. The van der Waals surface area contributed by atoms with Crippen molar-refractivity contribution < 1.29 is 14.4 Å². The Bertz CT molecular complexity index is 894. The van der Waals surface area contributed by atoms with E-state index < -0.39 is 6.10 Å². The van der Waals surface area contributed by atoms with E-state index in [9.17, 15) is 9.90 Å². The van der Waals surface area contributed by atoms with Gasteiger partial charge in [-0.05, 0) is 19.8 Å². The first-order chi connectivity index (χ1) is 12.6. The van der Waals surface area contributed by atoms with Crippen LogP contribution >= 0.6 is 0 Å². The van der Waals surface area contributed by atoms with Gasteiger partial charge in [0, 0.05) is 29.4 Å². The molecule has 134 valence electrons. The summed E-state index contributed by atoms with van der Waals surface area (Å²) in [6.07, 6.45) is 4.62. The van der Waals surface area contributed by atoms with Crippen LogP contribution in [0.1, 0.15) is 48.0 Å². The third-order valence-corrected chi connectivity index (χ3v) is 4.73. The fourth-order valence-electron chi connectivity index (χ4n) is 3.07. The van der Waals surface area contributed by atoms with Crippen LogP contribution in [-0.4, -0.2) is 32.0 Å². The summed E-state index contributed by atoms with van der Waals surface area (Å²) < 4.78 is 7.13. The number of amides is 1. The minimum absolute atomic E-state index is 0.0866. The first-order valence-electron chi connectivity index (χ1n) is 8.65. The fourth-order valence-corrected chi connectivity index (χ4v) is 3.07. The Kier molecular flexibility index (Phi) is 4.30. The largest absolute Gasteiger partial charge is 0.389 e. The number of benzene rings is 1. The Morgan fingerprint density at radius 2 is 2.12 bits per heavy atom. The number of nitrogens with one attached hydrogen (secondary N) is 1. The number of nitrogens with zero attached hydrogens (tertiary/aromatic N) is 3. The normalized spacial score (nSPS) is 20.4. The molecule has 1 atom stereocenters. The summed E-state index contributed by atoms with van der Waals surface area (Å²) in [4.78, 5) is 12.3. The molecular formula is C19H20N4O3. The van der Waals surface area contributed by atoms with Crippen molar-refractivity contribution in [2.24, 2.45) is 0 Å². The molecule has 1 aliphatic rings. The van der Waals surface area contributed by atoms with E-state index in [4.69, 9.17) is 4.52 Å². The molecule has 1 saturated carbocycles. The van der Waals surface area contributed by atoms with Crippen LogP contribution in [0.5, 0.6) is 0 Å². The summed E-state index contributed by atoms with van der Waals surface area (Å²) in [6.45, 7) is 1.72. The fraction of sp³-hybridized carbons (Fsp3) is 0.316. The molecule has 7 nitrogen and oxygen atoms in total. The molecule has 1 unspecified atom stereocenters. The van der Waals surface area contributed by atoms with Crippen LogP contribution < -0.4 is 5.32 Å². The number of rotatable bonds is 5. The van der Waals surface area contributed by atoms with Gasteiger partial charge in [-0.15, -0.1) is 0 Å². The summed E-state index contributed by atoms with van der Waals surface area (Å²) in [5.74, 6) is 0.342. The number of aromatic nitrogens is 3. The van der Waals surface area contributed by atoms with Crippen molar-refractivity contribution in [1.82, 2.24) is 20.3 Å². The van der Waals surface area contributed by atoms with Gasteiger partial charge in [0.1, 0.15) is 0 Å². The molecule has 0 radical (unpaired) electrons. The Morgan fingerprint density at radius 3 is 2.81 bits per heavy atom. The molecule has 26 heavy (non-hydrogen) atoms. The molecule has 4 rings (SSSR count). The van der Waals surface area contributed by atoms with Gasteiger partial charge in [-0.25, -0.2) is 0 Å². The van der Waals surface area contributed by atoms with Crippen molar-refractivity contribution in [2.75, 3.05) is 0 Å². The molecule has 0 aliphatic heterocycles. The second kappa shape index (κ2) is 6.76. The molecule has 1 aromatic carbocycles. The third kappa shape index (κ3) is 3.25. The van der Waals surface area contributed by atoms with Crippen LogP contribution in [0, 0.1) is 0 Å². The molecule has 2 aromatic heterocycles. The monoisotopic (exact) mass is 352 g/mol. The number of hydrogen-bond acceptors (Lipinski definition) is 5. The predicted molar refractivity (Wildman–Crippen MR) is 94.3 cm³/mol. The van der Waals surface area contributed by atoms with Crippen molar-refractivity contribution in [3.8, 4) is 11.3 Å². The summed E-state index contributed by atoms with van der Waals surface area (Å²) >= 11 is 0. The van der Waals surface area contributed by atoms with Crippen LogP contribution in [0.2, 0.25) is 0 Å². The van der Waals surface area contributed by atoms with Crippen molar-refractivity contribution >= 4 is 5.91 Å². The molecular weight excluding hydrogens is 332 g/mol. The number of aliphatic hydroxyl groups excluding tert-OH is 1. The van der Waals surface area contributed by atoms with E-state index in [1.54, 1.807) is 19.2 Å². The molecule has 0 spiro atoms. The first kappa shape index (κ1) is 16.5. The highest BCUT2D eigenvalue weighted by molar-refractivity contribution is 5.93. The van der Waals surface area contributed by atoms with E-state index in [1.165, 1.54) is 0 Å². The lowest BCUT2D eigenvalue weighted by Gasteiger charge is -2.35. The zero-order chi connectivity index (χ0) is 18.1. The lowest BCUT2D eigenvalue weighted by Crippen LogP contribution is -2.45. The average molecular weight is 352 g/mol. The highest BCUT2D eigenvalue weighted by Crippen LogP contribution is 2.32.